The maximum absolute atomic E-state index is 11.5. The van der Waals surface area contributed by atoms with Crippen LogP contribution in [0, 0.1) is 6.92 Å². The van der Waals surface area contributed by atoms with Gasteiger partial charge >= 0.3 is 5.97 Å². The molecular formula is C12H15N3O3. The molecule has 18 heavy (non-hydrogen) atoms. The lowest BCUT2D eigenvalue weighted by atomic mass is 10.1. The molecule has 0 saturated carbocycles. The number of nitrogens with one attached hydrogen (secondary N) is 1. The molecule has 0 saturated heterocycles. The van der Waals surface area contributed by atoms with Gasteiger partial charge in [0, 0.05) is 6.07 Å². The fraction of sp³-hybridized carbons (Fsp3) is 0.417. The molecule has 0 spiro atoms. The van der Waals surface area contributed by atoms with Gasteiger partial charge in [0.2, 0.25) is 5.56 Å². The Labute approximate surface area is 103 Å². The van der Waals surface area contributed by atoms with E-state index in [1.807, 2.05) is 20.8 Å². The first-order valence-electron chi connectivity index (χ1n) is 5.58. The molecule has 0 aliphatic heterocycles. The van der Waals surface area contributed by atoms with Crippen LogP contribution >= 0.6 is 0 Å². The van der Waals surface area contributed by atoms with E-state index >= 15 is 0 Å². The number of hydrogen-bond acceptors (Lipinski definition) is 3. The van der Waals surface area contributed by atoms with Crippen LogP contribution in [0.1, 0.15) is 36.8 Å². The number of aryl methyl sites for hydroxylation is 1. The number of aromatic nitrogens is 3. The molecule has 0 aliphatic rings. The summed E-state index contributed by atoms with van der Waals surface area (Å²) in [7, 11) is 0. The quantitative estimate of drug-likeness (QED) is 0.801. The van der Waals surface area contributed by atoms with E-state index in [0.29, 0.717) is 16.7 Å². The number of nitrogens with zero attached hydrogens (tertiary/aromatic N) is 2. The number of rotatable bonds is 1. The van der Waals surface area contributed by atoms with Crippen molar-refractivity contribution in [3.05, 3.63) is 27.7 Å². The van der Waals surface area contributed by atoms with Crippen LogP contribution in [0.2, 0.25) is 0 Å². The first-order chi connectivity index (χ1) is 8.21. The van der Waals surface area contributed by atoms with Crippen molar-refractivity contribution in [1.29, 1.82) is 0 Å². The molecule has 2 N–H and O–H groups in total. The smallest absolute Gasteiger partial charge is 0.336 e. The molecule has 0 bridgehead atoms. The number of carboxylic acid groups (broad SMARTS) is 1. The average molecular weight is 249 g/mol. The van der Waals surface area contributed by atoms with Crippen molar-refractivity contribution in [3.63, 3.8) is 0 Å². The summed E-state index contributed by atoms with van der Waals surface area (Å²) in [6.45, 7) is 7.54. The number of fused-ring (bicyclic) bond motifs is 1. The zero-order valence-corrected chi connectivity index (χ0v) is 10.7. The van der Waals surface area contributed by atoms with Crippen molar-refractivity contribution in [2.24, 2.45) is 0 Å². The highest BCUT2D eigenvalue weighted by Crippen LogP contribution is 2.24. The molecular weight excluding hydrogens is 234 g/mol. The Balaban J connectivity index is 2.98. The van der Waals surface area contributed by atoms with Crippen LogP contribution in [-0.4, -0.2) is 25.8 Å². The summed E-state index contributed by atoms with van der Waals surface area (Å²) in [5, 5.41) is 14.0. The van der Waals surface area contributed by atoms with E-state index in [-0.39, 0.29) is 11.1 Å². The maximum atomic E-state index is 11.5. The maximum Gasteiger partial charge on any atom is 0.336 e. The molecule has 0 radical (unpaired) electrons. The second-order valence-corrected chi connectivity index (χ2v) is 5.24. The Morgan fingerprint density at radius 2 is 2.06 bits per heavy atom. The van der Waals surface area contributed by atoms with E-state index in [1.165, 1.54) is 0 Å². The minimum Gasteiger partial charge on any atom is -0.478 e. The molecule has 2 aromatic heterocycles. The second-order valence-electron chi connectivity index (χ2n) is 5.24. The Morgan fingerprint density at radius 3 is 2.56 bits per heavy atom. The van der Waals surface area contributed by atoms with Crippen LogP contribution in [-0.2, 0) is 5.54 Å². The van der Waals surface area contributed by atoms with E-state index in [9.17, 15) is 9.59 Å². The van der Waals surface area contributed by atoms with Gasteiger partial charge in [-0.15, -0.1) is 0 Å². The van der Waals surface area contributed by atoms with Crippen molar-refractivity contribution >= 4 is 17.0 Å². The minimum absolute atomic E-state index is 0.0123. The standard InChI is InChI=1S/C12H15N3O3/c1-6-9-7(11(17)18)5-8(16)13-10(9)15(14-6)12(2,3)4/h5H,1-4H3,(H,13,16)(H,17,18). The Morgan fingerprint density at radius 1 is 1.44 bits per heavy atom. The van der Waals surface area contributed by atoms with Gasteiger partial charge in [-0.1, -0.05) is 0 Å². The van der Waals surface area contributed by atoms with Crippen LogP contribution in [0.25, 0.3) is 11.0 Å². The summed E-state index contributed by atoms with van der Waals surface area (Å²) in [5.41, 5.74) is 0.248. The summed E-state index contributed by atoms with van der Waals surface area (Å²) in [6, 6.07) is 1.09. The zero-order valence-electron chi connectivity index (χ0n) is 10.7. The van der Waals surface area contributed by atoms with Gasteiger partial charge in [-0.25, -0.2) is 9.48 Å². The minimum atomic E-state index is -1.12. The lowest BCUT2D eigenvalue weighted by molar-refractivity contribution is 0.0698. The first kappa shape index (κ1) is 12.3. The van der Waals surface area contributed by atoms with E-state index in [1.54, 1.807) is 11.6 Å². The number of H-pyrrole nitrogens is 1. The van der Waals surface area contributed by atoms with Gasteiger partial charge in [-0.3, -0.25) is 4.79 Å². The Hall–Kier alpha value is -2.11. The number of pyridine rings is 1. The van der Waals surface area contributed by atoms with Gasteiger partial charge < -0.3 is 10.1 Å². The lowest BCUT2D eigenvalue weighted by Crippen LogP contribution is -2.24. The van der Waals surface area contributed by atoms with Gasteiger partial charge in [0.1, 0.15) is 5.65 Å². The predicted molar refractivity (Wildman–Crippen MR) is 67.0 cm³/mol. The van der Waals surface area contributed by atoms with Crippen LogP contribution < -0.4 is 5.56 Å². The van der Waals surface area contributed by atoms with Gasteiger partial charge in [-0.2, -0.15) is 5.10 Å². The highest BCUT2D eigenvalue weighted by atomic mass is 16.4. The third-order valence-corrected chi connectivity index (χ3v) is 2.71. The Bertz CT molecular complexity index is 689. The molecule has 2 rings (SSSR count). The van der Waals surface area contributed by atoms with E-state index < -0.39 is 11.5 Å². The number of aromatic carboxylic acids is 1. The molecule has 0 unspecified atom stereocenters. The number of carbonyl (C=O) groups is 1. The number of carboxylic acids is 1. The SMILES string of the molecule is Cc1nn(C(C)(C)C)c2[nH]c(=O)cc(C(=O)O)c12. The van der Waals surface area contributed by atoms with Crippen molar-refractivity contribution in [2.45, 2.75) is 33.2 Å². The third kappa shape index (κ3) is 1.79. The van der Waals surface area contributed by atoms with Crippen molar-refractivity contribution in [2.75, 3.05) is 0 Å². The zero-order chi connectivity index (χ0) is 13.7. The summed E-state index contributed by atoms with van der Waals surface area (Å²) < 4.78 is 1.64. The molecule has 0 fully saturated rings. The normalized spacial score (nSPS) is 12.0. The Kier molecular flexibility index (Phi) is 2.53. The van der Waals surface area contributed by atoms with Gasteiger partial charge in [0.05, 0.1) is 22.2 Å². The molecule has 0 aliphatic carbocycles. The summed E-state index contributed by atoms with van der Waals surface area (Å²) >= 11 is 0. The fourth-order valence-corrected chi connectivity index (χ4v) is 1.98. The highest BCUT2D eigenvalue weighted by Gasteiger charge is 2.23. The summed E-state index contributed by atoms with van der Waals surface area (Å²) in [5.74, 6) is -1.12. The fourth-order valence-electron chi connectivity index (χ4n) is 1.98. The molecule has 0 amide bonds. The van der Waals surface area contributed by atoms with Crippen molar-refractivity contribution in [1.82, 2.24) is 14.8 Å². The van der Waals surface area contributed by atoms with Gasteiger partial charge in [-0.05, 0) is 27.7 Å². The van der Waals surface area contributed by atoms with Crippen LogP contribution in [0.3, 0.4) is 0 Å². The monoisotopic (exact) mass is 249 g/mol. The van der Waals surface area contributed by atoms with E-state index in [4.69, 9.17) is 5.11 Å². The molecule has 6 nitrogen and oxygen atoms in total. The molecule has 2 aromatic rings. The second kappa shape index (κ2) is 3.69. The van der Waals surface area contributed by atoms with Crippen molar-refractivity contribution in [3.8, 4) is 0 Å². The number of hydrogen-bond donors (Lipinski definition) is 2. The van der Waals surface area contributed by atoms with Crippen LogP contribution in [0.15, 0.2) is 10.9 Å². The van der Waals surface area contributed by atoms with E-state index in [0.717, 1.165) is 6.07 Å². The van der Waals surface area contributed by atoms with Gasteiger partial charge in [0.15, 0.2) is 0 Å². The summed E-state index contributed by atoms with van der Waals surface area (Å²) in [4.78, 5) is 25.4. The van der Waals surface area contributed by atoms with Crippen molar-refractivity contribution < 1.29 is 9.90 Å². The average Bonchev–Trinajstić information content (AvgIpc) is 2.54. The predicted octanol–water partition coefficient (Wildman–Crippen LogP) is 1.49. The number of aromatic amines is 1. The highest BCUT2D eigenvalue weighted by molar-refractivity contribution is 6.02. The third-order valence-electron chi connectivity index (χ3n) is 2.71. The topological polar surface area (TPSA) is 88.0 Å². The lowest BCUT2D eigenvalue weighted by Gasteiger charge is -2.20. The van der Waals surface area contributed by atoms with Crippen LogP contribution in [0.5, 0.6) is 0 Å². The van der Waals surface area contributed by atoms with E-state index in [2.05, 4.69) is 10.1 Å². The molecule has 96 valence electrons. The van der Waals surface area contributed by atoms with Crippen LogP contribution in [0.4, 0.5) is 0 Å². The summed E-state index contributed by atoms with van der Waals surface area (Å²) in [6.07, 6.45) is 0. The molecule has 6 heteroatoms. The molecule has 0 atom stereocenters. The molecule has 2 heterocycles. The van der Waals surface area contributed by atoms with Gasteiger partial charge in [0.25, 0.3) is 0 Å². The first-order valence-corrected chi connectivity index (χ1v) is 5.58. The molecule has 0 aromatic carbocycles. The largest absolute Gasteiger partial charge is 0.478 e.